The van der Waals surface area contributed by atoms with Crippen LogP contribution in [0.3, 0.4) is 0 Å². The first kappa shape index (κ1) is 13.7. The summed E-state index contributed by atoms with van der Waals surface area (Å²) in [6, 6.07) is 6.60. The number of halogens is 1. The van der Waals surface area contributed by atoms with Crippen molar-refractivity contribution >= 4 is 0 Å². The van der Waals surface area contributed by atoms with Crippen LogP contribution in [0.5, 0.6) is 0 Å². The third kappa shape index (κ3) is 3.86. The van der Waals surface area contributed by atoms with Gasteiger partial charge >= 0.3 is 0 Å². The molecule has 19 heavy (non-hydrogen) atoms. The van der Waals surface area contributed by atoms with Gasteiger partial charge in [-0.15, -0.1) is 0 Å². The number of hydrogen-bond acceptors (Lipinski definition) is 4. The summed E-state index contributed by atoms with van der Waals surface area (Å²) in [6.07, 6.45) is 1.65. The van der Waals surface area contributed by atoms with E-state index in [1.54, 1.807) is 12.1 Å². The second-order valence-electron chi connectivity index (χ2n) is 4.52. The van der Waals surface area contributed by atoms with Crippen molar-refractivity contribution in [2.75, 3.05) is 6.54 Å². The van der Waals surface area contributed by atoms with E-state index < -0.39 is 0 Å². The fraction of sp³-hybridized carbons (Fsp3) is 0.429. The van der Waals surface area contributed by atoms with Crippen LogP contribution in [0.15, 0.2) is 28.8 Å². The number of nitrogens with one attached hydrogen (secondary N) is 1. The van der Waals surface area contributed by atoms with Crippen LogP contribution >= 0.6 is 0 Å². The van der Waals surface area contributed by atoms with E-state index in [0.717, 1.165) is 19.4 Å². The Bertz CT molecular complexity index is 527. The summed E-state index contributed by atoms with van der Waals surface area (Å²) in [7, 11) is 0. The predicted octanol–water partition coefficient (Wildman–Crippen LogP) is 2.81. The maximum atomic E-state index is 13.1. The molecule has 0 saturated carbocycles. The minimum absolute atomic E-state index is 0.301. The molecule has 0 amide bonds. The van der Waals surface area contributed by atoms with Crippen molar-refractivity contribution in [1.29, 1.82) is 0 Å². The van der Waals surface area contributed by atoms with Crippen molar-refractivity contribution in [3.8, 4) is 11.4 Å². The third-order valence-corrected chi connectivity index (χ3v) is 2.89. The molecule has 4 nitrogen and oxygen atoms in total. The quantitative estimate of drug-likeness (QED) is 0.870. The number of benzene rings is 1. The second kappa shape index (κ2) is 6.43. The lowest BCUT2D eigenvalue weighted by Crippen LogP contribution is -2.25. The Morgan fingerprint density at radius 2 is 2.26 bits per heavy atom. The lowest BCUT2D eigenvalue weighted by molar-refractivity contribution is 0.368. The largest absolute Gasteiger partial charge is 0.339 e. The van der Waals surface area contributed by atoms with E-state index in [1.807, 2.05) is 0 Å². The van der Waals surface area contributed by atoms with Crippen molar-refractivity contribution in [2.24, 2.45) is 0 Å². The summed E-state index contributed by atoms with van der Waals surface area (Å²) >= 11 is 0. The fourth-order valence-electron chi connectivity index (χ4n) is 1.89. The van der Waals surface area contributed by atoms with Gasteiger partial charge in [-0.1, -0.05) is 24.2 Å². The summed E-state index contributed by atoms with van der Waals surface area (Å²) < 4.78 is 18.3. The normalized spacial score (nSPS) is 12.6. The second-order valence-corrected chi connectivity index (χ2v) is 4.52. The standard InChI is InChI=1S/C14H18FN3O/c1-3-16-10(2)7-8-13-17-14(18-19-13)11-5-4-6-12(15)9-11/h4-6,9-10,16H,3,7-8H2,1-2H3. The average molecular weight is 263 g/mol. The van der Waals surface area contributed by atoms with Gasteiger partial charge in [-0.2, -0.15) is 4.98 Å². The van der Waals surface area contributed by atoms with Gasteiger partial charge in [0.2, 0.25) is 11.7 Å². The average Bonchev–Trinajstić information content (AvgIpc) is 2.85. The third-order valence-electron chi connectivity index (χ3n) is 2.89. The molecule has 1 atom stereocenters. The zero-order valence-electron chi connectivity index (χ0n) is 11.2. The molecule has 0 aliphatic heterocycles. The summed E-state index contributed by atoms with van der Waals surface area (Å²) in [5.74, 6) is 0.722. The van der Waals surface area contributed by atoms with Crippen LogP contribution in [0.25, 0.3) is 11.4 Å². The molecule has 1 aromatic carbocycles. The molecule has 1 aromatic heterocycles. The molecule has 0 aliphatic carbocycles. The summed E-state index contributed by atoms with van der Waals surface area (Å²) in [5, 5.41) is 7.20. The number of aromatic nitrogens is 2. The molecule has 0 spiro atoms. The fourth-order valence-corrected chi connectivity index (χ4v) is 1.89. The van der Waals surface area contributed by atoms with E-state index in [2.05, 4.69) is 29.3 Å². The van der Waals surface area contributed by atoms with Gasteiger partial charge in [-0.05, 0) is 32.0 Å². The smallest absolute Gasteiger partial charge is 0.227 e. The summed E-state index contributed by atoms with van der Waals surface area (Å²) in [5.41, 5.74) is 0.634. The molecule has 0 fully saturated rings. The maximum absolute atomic E-state index is 13.1. The van der Waals surface area contributed by atoms with E-state index in [1.165, 1.54) is 12.1 Å². The van der Waals surface area contributed by atoms with E-state index in [9.17, 15) is 4.39 Å². The van der Waals surface area contributed by atoms with E-state index in [0.29, 0.717) is 23.3 Å². The molecule has 1 N–H and O–H groups in total. The first-order chi connectivity index (χ1) is 9.19. The first-order valence-corrected chi connectivity index (χ1v) is 6.51. The maximum Gasteiger partial charge on any atom is 0.227 e. The van der Waals surface area contributed by atoms with Crippen molar-refractivity contribution in [1.82, 2.24) is 15.5 Å². The Morgan fingerprint density at radius 3 is 3.00 bits per heavy atom. The molecule has 1 unspecified atom stereocenters. The number of rotatable bonds is 6. The topological polar surface area (TPSA) is 51.0 Å². The monoisotopic (exact) mass is 263 g/mol. The van der Waals surface area contributed by atoms with Crippen molar-refractivity contribution in [2.45, 2.75) is 32.7 Å². The van der Waals surface area contributed by atoms with Gasteiger partial charge in [0.25, 0.3) is 0 Å². The highest BCUT2D eigenvalue weighted by atomic mass is 19.1. The molecule has 0 radical (unpaired) electrons. The van der Waals surface area contributed by atoms with Crippen LogP contribution in [0, 0.1) is 5.82 Å². The van der Waals surface area contributed by atoms with Gasteiger partial charge < -0.3 is 9.84 Å². The van der Waals surface area contributed by atoms with Crippen LogP contribution in [0.4, 0.5) is 4.39 Å². The highest BCUT2D eigenvalue weighted by Gasteiger charge is 2.10. The molecule has 102 valence electrons. The van der Waals surface area contributed by atoms with Crippen LogP contribution in [0.2, 0.25) is 0 Å². The molecule has 0 aliphatic rings. The molecule has 0 bridgehead atoms. The summed E-state index contributed by atoms with van der Waals surface area (Å²) in [4.78, 5) is 4.28. The van der Waals surface area contributed by atoms with E-state index in [4.69, 9.17) is 4.52 Å². The minimum atomic E-state index is -0.301. The molecule has 2 aromatic rings. The summed E-state index contributed by atoms with van der Waals surface area (Å²) in [6.45, 7) is 5.14. The zero-order valence-corrected chi connectivity index (χ0v) is 11.2. The van der Waals surface area contributed by atoms with Crippen molar-refractivity contribution < 1.29 is 8.91 Å². The van der Waals surface area contributed by atoms with Crippen LogP contribution in [0.1, 0.15) is 26.2 Å². The van der Waals surface area contributed by atoms with Gasteiger partial charge in [-0.3, -0.25) is 0 Å². The molecular weight excluding hydrogens is 245 g/mol. The highest BCUT2D eigenvalue weighted by Crippen LogP contribution is 2.17. The van der Waals surface area contributed by atoms with Gasteiger partial charge in [0.15, 0.2) is 0 Å². The Kier molecular flexibility index (Phi) is 4.63. The lowest BCUT2D eigenvalue weighted by atomic mass is 10.2. The Morgan fingerprint density at radius 1 is 1.42 bits per heavy atom. The van der Waals surface area contributed by atoms with E-state index >= 15 is 0 Å². The molecule has 0 saturated heterocycles. The first-order valence-electron chi connectivity index (χ1n) is 6.51. The van der Waals surface area contributed by atoms with Crippen LogP contribution < -0.4 is 5.32 Å². The van der Waals surface area contributed by atoms with Gasteiger partial charge in [0.1, 0.15) is 5.82 Å². The number of hydrogen-bond donors (Lipinski definition) is 1. The van der Waals surface area contributed by atoms with Crippen molar-refractivity contribution in [3.05, 3.63) is 36.0 Å². The predicted molar refractivity (Wildman–Crippen MR) is 71.2 cm³/mol. The minimum Gasteiger partial charge on any atom is -0.339 e. The SMILES string of the molecule is CCNC(C)CCc1nc(-c2cccc(F)c2)no1. The van der Waals surface area contributed by atoms with Gasteiger partial charge in [0.05, 0.1) is 0 Å². The van der Waals surface area contributed by atoms with Gasteiger partial charge in [-0.25, -0.2) is 4.39 Å². The highest BCUT2D eigenvalue weighted by molar-refractivity contribution is 5.53. The number of nitrogens with zero attached hydrogens (tertiary/aromatic N) is 2. The molecule has 1 heterocycles. The van der Waals surface area contributed by atoms with Crippen LogP contribution in [-0.2, 0) is 6.42 Å². The Hall–Kier alpha value is -1.75. The lowest BCUT2D eigenvalue weighted by Gasteiger charge is -2.09. The zero-order chi connectivity index (χ0) is 13.7. The van der Waals surface area contributed by atoms with Gasteiger partial charge in [0, 0.05) is 18.0 Å². The molecule has 5 heteroatoms. The molecular formula is C14H18FN3O. The van der Waals surface area contributed by atoms with Crippen molar-refractivity contribution in [3.63, 3.8) is 0 Å². The van der Waals surface area contributed by atoms with Crippen LogP contribution in [-0.4, -0.2) is 22.7 Å². The Balaban J connectivity index is 1.99. The molecule has 2 rings (SSSR count). The van der Waals surface area contributed by atoms with E-state index in [-0.39, 0.29) is 5.82 Å². The number of aryl methyl sites for hydroxylation is 1. The Labute approximate surface area is 112 Å².